The van der Waals surface area contributed by atoms with Crippen LogP contribution in [0.5, 0.6) is 0 Å². The lowest BCUT2D eigenvalue weighted by atomic mass is 10.2. The SMILES string of the molecule is Cc1nc(Br)ccc1NS(=O)(=O)CCc1ccncc1. The summed E-state index contributed by atoms with van der Waals surface area (Å²) in [5, 5.41) is 0. The van der Waals surface area contributed by atoms with Crippen LogP contribution in [0, 0.1) is 6.92 Å². The molecule has 0 saturated heterocycles. The Hall–Kier alpha value is -1.47. The van der Waals surface area contributed by atoms with Crippen LogP contribution < -0.4 is 4.72 Å². The highest BCUT2D eigenvalue weighted by molar-refractivity contribution is 9.10. The van der Waals surface area contributed by atoms with Crippen LogP contribution in [0.2, 0.25) is 0 Å². The molecule has 0 spiro atoms. The highest BCUT2D eigenvalue weighted by Crippen LogP contribution is 2.17. The second kappa shape index (κ2) is 6.32. The number of halogens is 1. The van der Waals surface area contributed by atoms with Gasteiger partial charge in [-0.2, -0.15) is 0 Å². The lowest BCUT2D eigenvalue weighted by Gasteiger charge is -2.10. The Balaban J connectivity index is 2.04. The van der Waals surface area contributed by atoms with E-state index in [4.69, 9.17) is 0 Å². The van der Waals surface area contributed by atoms with E-state index in [9.17, 15) is 8.42 Å². The summed E-state index contributed by atoms with van der Waals surface area (Å²) in [4.78, 5) is 8.06. The van der Waals surface area contributed by atoms with Gasteiger partial charge in [-0.25, -0.2) is 13.4 Å². The molecule has 7 heteroatoms. The van der Waals surface area contributed by atoms with Gasteiger partial charge < -0.3 is 0 Å². The van der Waals surface area contributed by atoms with Crippen LogP contribution >= 0.6 is 15.9 Å². The maximum absolute atomic E-state index is 12.0. The molecule has 0 fully saturated rings. The van der Waals surface area contributed by atoms with Crippen molar-refractivity contribution >= 4 is 31.6 Å². The Kier molecular flexibility index (Phi) is 4.72. The lowest BCUT2D eigenvalue weighted by molar-refractivity contribution is 0.600. The number of nitrogens with one attached hydrogen (secondary N) is 1. The summed E-state index contributed by atoms with van der Waals surface area (Å²) < 4.78 is 27.3. The van der Waals surface area contributed by atoms with E-state index in [0.29, 0.717) is 22.4 Å². The van der Waals surface area contributed by atoms with Crippen LogP contribution in [0.15, 0.2) is 41.3 Å². The molecule has 2 aromatic rings. The maximum Gasteiger partial charge on any atom is 0.233 e. The van der Waals surface area contributed by atoms with Gasteiger partial charge in [0.2, 0.25) is 10.0 Å². The van der Waals surface area contributed by atoms with Crippen LogP contribution in [0.25, 0.3) is 0 Å². The molecule has 0 aliphatic heterocycles. The van der Waals surface area contributed by atoms with Crippen molar-refractivity contribution in [3.63, 3.8) is 0 Å². The van der Waals surface area contributed by atoms with Crippen molar-refractivity contribution in [3.8, 4) is 0 Å². The van der Waals surface area contributed by atoms with Gasteiger partial charge in [0, 0.05) is 12.4 Å². The minimum absolute atomic E-state index is 0.0204. The molecule has 2 aromatic heterocycles. The van der Waals surface area contributed by atoms with Crippen LogP contribution in [0.4, 0.5) is 5.69 Å². The molecule has 0 aromatic carbocycles. The lowest BCUT2D eigenvalue weighted by Crippen LogP contribution is -2.19. The van der Waals surface area contributed by atoms with Gasteiger partial charge in [0.25, 0.3) is 0 Å². The topological polar surface area (TPSA) is 72.0 Å². The average Bonchev–Trinajstić information content (AvgIpc) is 2.41. The average molecular weight is 356 g/mol. The van der Waals surface area contributed by atoms with Crippen molar-refractivity contribution in [2.75, 3.05) is 10.5 Å². The fourth-order valence-corrected chi connectivity index (χ4v) is 3.21. The van der Waals surface area contributed by atoms with E-state index in [0.717, 1.165) is 5.56 Å². The summed E-state index contributed by atoms with van der Waals surface area (Å²) in [6.07, 6.45) is 3.75. The van der Waals surface area contributed by atoms with E-state index in [1.807, 2.05) is 12.1 Å². The number of rotatable bonds is 5. The minimum Gasteiger partial charge on any atom is -0.282 e. The molecule has 0 amide bonds. The molecule has 0 saturated carbocycles. The molecule has 5 nitrogen and oxygen atoms in total. The molecule has 0 bridgehead atoms. The zero-order valence-corrected chi connectivity index (χ0v) is 13.3. The first-order valence-electron chi connectivity index (χ1n) is 5.99. The first-order chi connectivity index (χ1) is 9.46. The van der Waals surface area contributed by atoms with Crippen molar-refractivity contribution in [1.29, 1.82) is 0 Å². The Morgan fingerprint density at radius 3 is 2.55 bits per heavy atom. The fourth-order valence-electron chi connectivity index (χ4n) is 1.66. The highest BCUT2D eigenvalue weighted by atomic mass is 79.9. The van der Waals surface area contributed by atoms with Gasteiger partial charge in [0.05, 0.1) is 17.1 Å². The standard InChI is InChI=1S/C13H14BrN3O2S/c1-10-12(2-3-13(14)16-10)17-20(18,19)9-6-11-4-7-15-8-5-11/h2-5,7-8,17H,6,9H2,1H3. The largest absolute Gasteiger partial charge is 0.282 e. The monoisotopic (exact) mass is 355 g/mol. The number of pyridine rings is 2. The zero-order chi connectivity index (χ0) is 14.6. The molecular formula is C13H14BrN3O2S. The zero-order valence-electron chi connectivity index (χ0n) is 10.9. The third-order valence-electron chi connectivity index (χ3n) is 2.73. The minimum atomic E-state index is -3.39. The van der Waals surface area contributed by atoms with Crippen LogP contribution in [0.1, 0.15) is 11.3 Å². The number of hydrogen-bond acceptors (Lipinski definition) is 4. The first-order valence-corrected chi connectivity index (χ1v) is 8.43. The van der Waals surface area contributed by atoms with E-state index < -0.39 is 10.0 Å². The number of sulfonamides is 1. The summed E-state index contributed by atoms with van der Waals surface area (Å²) in [5.74, 6) is 0.0204. The van der Waals surface area contributed by atoms with E-state index in [-0.39, 0.29) is 5.75 Å². The van der Waals surface area contributed by atoms with E-state index in [1.54, 1.807) is 31.5 Å². The molecule has 0 unspecified atom stereocenters. The number of nitrogens with zero attached hydrogens (tertiary/aromatic N) is 2. The van der Waals surface area contributed by atoms with Crippen molar-refractivity contribution in [2.45, 2.75) is 13.3 Å². The molecule has 0 aliphatic carbocycles. The molecule has 0 aliphatic rings. The van der Waals surface area contributed by atoms with Crippen molar-refractivity contribution in [2.24, 2.45) is 0 Å². The molecule has 1 N–H and O–H groups in total. The molecular weight excluding hydrogens is 342 g/mol. The fraction of sp³-hybridized carbons (Fsp3) is 0.231. The van der Waals surface area contributed by atoms with Gasteiger partial charge in [0.1, 0.15) is 4.60 Å². The van der Waals surface area contributed by atoms with Crippen LogP contribution in [-0.2, 0) is 16.4 Å². The summed E-state index contributed by atoms with van der Waals surface area (Å²) in [6.45, 7) is 1.76. The predicted octanol–water partition coefficient (Wildman–Crippen LogP) is 2.53. The molecule has 2 rings (SSSR count). The van der Waals surface area contributed by atoms with E-state index >= 15 is 0 Å². The van der Waals surface area contributed by atoms with Crippen LogP contribution in [-0.4, -0.2) is 24.1 Å². The number of anilines is 1. The van der Waals surface area contributed by atoms with Gasteiger partial charge in [-0.1, -0.05) is 0 Å². The van der Waals surface area contributed by atoms with Gasteiger partial charge in [-0.05, 0) is 59.1 Å². The van der Waals surface area contributed by atoms with Crippen molar-refractivity contribution in [3.05, 3.63) is 52.5 Å². The smallest absolute Gasteiger partial charge is 0.233 e. The predicted molar refractivity (Wildman–Crippen MR) is 82.0 cm³/mol. The number of aromatic nitrogens is 2. The first kappa shape index (κ1) is 14.9. The maximum atomic E-state index is 12.0. The van der Waals surface area contributed by atoms with E-state index in [1.165, 1.54) is 0 Å². The Morgan fingerprint density at radius 1 is 1.20 bits per heavy atom. The third-order valence-corrected chi connectivity index (χ3v) is 4.44. The Labute approximate surface area is 126 Å². The summed E-state index contributed by atoms with van der Waals surface area (Å²) in [6, 6.07) is 7.01. The van der Waals surface area contributed by atoms with Crippen molar-refractivity contribution < 1.29 is 8.42 Å². The van der Waals surface area contributed by atoms with Crippen LogP contribution in [0.3, 0.4) is 0 Å². The Morgan fingerprint density at radius 2 is 1.90 bits per heavy atom. The summed E-state index contributed by atoms with van der Waals surface area (Å²) in [7, 11) is -3.39. The molecule has 0 atom stereocenters. The van der Waals surface area contributed by atoms with Crippen molar-refractivity contribution in [1.82, 2.24) is 9.97 Å². The normalized spacial score (nSPS) is 11.3. The van der Waals surface area contributed by atoms with Gasteiger partial charge in [-0.3, -0.25) is 9.71 Å². The second-order valence-electron chi connectivity index (χ2n) is 4.29. The summed E-state index contributed by atoms with van der Waals surface area (Å²) in [5.41, 5.74) is 2.07. The summed E-state index contributed by atoms with van der Waals surface area (Å²) >= 11 is 3.24. The van der Waals surface area contributed by atoms with Gasteiger partial charge in [-0.15, -0.1) is 0 Å². The number of aryl methyl sites for hydroxylation is 2. The number of hydrogen-bond donors (Lipinski definition) is 1. The second-order valence-corrected chi connectivity index (χ2v) is 6.95. The van der Waals surface area contributed by atoms with E-state index in [2.05, 4.69) is 30.6 Å². The van der Waals surface area contributed by atoms with Gasteiger partial charge in [0.15, 0.2) is 0 Å². The molecule has 2 heterocycles. The molecule has 0 radical (unpaired) electrons. The third kappa shape index (κ3) is 4.28. The van der Waals surface area contributed by atoms with Gasteiger partial charge >= 0.3 is 0 Å². The molecule has 106 valence electrons. The highest BCUT2D eigenvalue weighted by Gasteiger charge is 2.12. The quantitative estimate of drug-likeness (QED) is 0.836. The molecule has 20 heavy (non-hydrogen) atoms. The Bertz CT molecular complexity index is 690.